The molecule has 0 spiro atoms. The van der Waals surface area contributed by atoms with Gasteiger partial charge >= 0.3 is 0 Å². The Morgan fingerprint density at radius 3 is 2.82 bits per heavy atom. The van der Waals surface area contributed by atoms with Crippen molar-refractivity contribution >= 4 is 11.6 Å². The van der Waals surface area contributed by atoms with Gasteiger partial charge in [0.05, 0.1) is 0 Å². The number of hydrogen-bond acceptors (Lipinski definition) is 3. The highest BCUT2D eigenvalue weighted by atomic mass is 19.1. The van der Waals surface area contributed by atoms with Gasteiger partial charge in [0.15, 0.2) is 0 Å². The first-order valence-electron chi connectivity index (χ1n) is 8.16. The quantitative estimate of drug-likeness (QED) is 0.813. The van der Waals surface area contributed by atoms with Crippen LogP contribution in [0.5, 0.6) is 0 Å². The topological polar surface area (TPSA) is 44.4 Å². The lowest BCUT2D eigenvalue weighted by molar-refractivity contribution is -0.116. The van der Waals surface area contributed by atoms with Crippen LogP contribution in [0.25, 0.3) is 0 Å². The van der Waals surface area contributed by atoms with E-state index in [2.05, 4.69) is 22.5 Å². The van der Waals surface area contributed by atoms with E-state index in [1.807, 2.05) is 0 Å². The van der Waals surface area contributed by atoms with Gasteiger partial charge in [0.1, 0.15) is 5.82 Å². The lowest BCUT2D eigenvalue weighted by Gasteiger charge is -2.31. The molecule has 1 saturated heterocycles. The lowest BCUT2D eigenvalue weighted by atomic mass is 9.96. The summed E-state index contributed by atoms with van der Waals surface area (Å²) in [4.78, 5) is 14.2. The zero-order valence-electron chi connectivity index (χ0n) is 13.3. The fourth-order valence-electron chi connectivity index (χ4n) is 2.81. The van der Waals surface area contributed by atoms with Gasteiger partial charge in [-0.1, -0.05) is 13.0 Å². The molecule has 1 aromatic rings. The van der Waals surface area contributed by atoms with Gasteiger partial charge in [0, 0.05) is 18.7 Å². The Bertz CT molecular complexity index is 473. The van der Waals surface area contributed by atoms with Gasteiger partial charge in [-0.15, -0.1) is 0 Å². The number of nitrogens with one attached hydrogen (secondary N) is 2. The van der Waals surface area contributed by atoms with Crippen LogP contribution in [0.4, 0.5) is 10.1 Å². The molecule has 4 nitrogen and oxygen atoms in total. The molecule has 1 aliphatic heterocycles. The summed E-state index contributed by atoms with van der Waals surface area (Å²) in [5.41, 5.74) is 0.523. The Hall–Kier alpha value is -1.46. The van der Waals surface area contributed by atoms with Crippen molar-refractivity contribution < 1.29 is 9.18 Å². The molecular formula is C17H26FN3O. The van der Waals surface area contributed by atoms with Crippen molar-refractivity contribution in [2.75, 3.05) is 38.0 Å². The molecule has 1 amide bonds. The molecule has 1 aromatic carbocycles. The highest BCUT2D eigenvalue weighted by molar-refractivity contribution is 5.90. The van der Waals surface area contributed by atoms with E-state index in [1.165, 1.54) is 25.0 Å². The van der Waals surface area contributed by atoms with E-state index >= 15 is 0 Å². The molecule has 1 heterocycles. The van der Waals surface area contributed by atoms with Gasteiger partial charge in [0.2, 0.25) is 5.91 Å². The monoisotopic (exact) mass is 307 g/mol. The maximum absolute atomic E-state index is 13.1. The third-order valence-corrected chi connectivity index (χ3v) is 4.15. The van der Waals surface area contributed by atoms with Crippen LogP contribution in [0.3, 0.4) is 0 Å². The zero-order chi connectivity index (χ0) is 15.8. The van der Waals surface area contributed by atoms with Crippen LogP contribution >= 0.6 is 0 Å². The largest absolute Gasteiger partial charge is 0.326 e. The fraction of sp³-hybridized carbons (Fsp3) is 0.588. The summed E-state index contributed by atoms with van der Waals surface area (Å²) in [5.74, 6) is 0.373. The number of benzene rings is 1. The lowest BCUT2D eigenvalue weighted by Crippen LogP contribution is -2.38. The van der Waals surface area contributed by atoms with E-state index in [1.54, 1.807) is 12.1 Å². The molecule has 0 atom stereocenters. The standard InChI is InChI=1S/C17H26FN3O/c1-2-19-13-14-6-9-21(10-7-14)11-8-17(22)20-16-5-3-4-15(18)12-16/h3-5,12,14,19H,2,6-11,13H2,1H3,(H,20,22). The third-order valence-electron chi connectivity index (χ3n) is 4.15. The summed E-state index contributed by atoms with van der Waals surface area (Å²) >= 11 is 0. The minimum Gasteiger partial charge on any atom is -0.326 e. The van der Waals surface area contributed by atoms with E-state index in [0.717, 1.165) is 38.6 Å². The highest BCUT2D eigenvalue weighted by Gasteiger charge is 2.19. The molecule has 1 aliphatic rings. The van der Waals surface area contributed by atoms with Gasteiger partial charge in [0.25, 0.3) is 0 Å². The first-order chi connectivity index (χ1) is 10.7. The summed E-state index contributed by atoms with van der Waals surface area (Å²) in [6.07, 6.45) is 2.84. The smallest absolute Gasteiger partial charge is 0.225 e. The number of hydrogen-bond donors (Lipinski definition) is 2. The number of halogens is 1. The van der Waals surface area contributed by atoms with Crippen molar-refractivity contribution in [2.45, 2.75) is 26.2 Å². The molecule has 0 bridgehead atoms. The molecule has 0 saturated carbocycles. The van der Waals surface area contributed by atoms with Gasteiger partial charge in [-0.05, 0) is 63.1 Å². The van der Waals surface area contributed by atoms with Crippen LogP contribution in [0.1, 0.15) is 26.2 Å². The van der Waals surface area contributed by atoms with Gasteiger partial charge in [-0.2, -0.15) is 0 Å². The van der Waals surface area contributed by atoms with Crippen LogP contribution in [0.2, 0.25) is 0 Å². The molecular weight excluding hydrogens is 281 g/mol. The van der Waals surface area contributed by atoms with E-state index in [-0.39, 0.29) is 11.7 Å². The molecule has 2 N–H and O–H groups in total. The summed E-state index contributed by atoms with van der Waals surface area (Å²) in [6.45, 7) is 7.15. The Kier molecular flexibility index (Phi) is 6.80. The number of anilines is 1. The summed E-state index contributed by atoms with van der Waals surface area (Å²) in [5, 5.41) is 6.15. The Labute approximate surface area is 132 Å². The predicted octanol–water partition coefficient (Wildman–Crippen LogP) is 2.48. The van der Waals surface area contributed by atoms with Crippen LogP contribution < -0.4 is 10.6 Å². The molecule has 1 fully saturated rings. The van der Waals surface area contributed by atoms with Crippen molar-refractivity contribution in [1.29, 1.82) is 0 Å². The predicted molar refractivity (Wildman–Crippen MR) is 87.4 cm³/mol. The van der Waals surface area contributed by atoms with Gasteiger partial charge < -0.3 is 15.5 Å². The number of likely N-dealkylation sites (tertiary alicyclic amines) is 1. The van der Waals surface area contributed by atoms with Crippen molar-refractivity contribution in [1.82, 2.24) is 10.2 Å². The number of carbonyl (C=O) groups is 1. The summed E-state index contributed by atoms with van der Waals surface area (Å²) in [6, 6.07) is 6.00. The Morgan fingerprint density at radius 2 is 2.14 bits per heavy atom. The maximum atomic E-state index is 13.1. The van der Waals surface area contributed by atoms with Gasteiger partial charge in [-0.3, -0.25) is 4.79 Å². The van der Waals surface area contributed by atoms with Crippen molar-refractivity contribution in [3.05, 3.63) is 30.1 Å². The van der Waals surface area contributed by atoms with Crippen LogP contribution in [0, 0.1) is 11.7 Å². The fourth-order valence-corrected chi connectivity index (χ4v) is 2.81. The first kappa shape index (κ1) is 16.9. The molecule has 5 heteroatoms. The van der Waals surface area contributed by atoms with Crippen molar-refractivity contribution in [3.8, 4) is 0 Å². The van der Waals surface area contributed by atoms with Crippen molar-refractivity contribution in [2.24, 2.45) is 5.92 Å². The van der Waals surface area contributed by atoms with Gasteiger partial charge in [-0.25, -0.2) is 4.39 Å². The number of amides is 1. The SMILES string of the molecule is CCNCC1CCN(CCC(=O)Nc2cccc(F)c2)CC1. The van der Waals surface area contributed by atoms with E-state index in [4.69, 9.17) is 0 Å². The molecule has 122 valence electrons. The number of piperidine rings is 1. The second-order valence-corrected chi connectivity index (χ2v) is 5.90. The Morgan fingerprint density at radius 1 is 1.36 bits per heavy atom. The molecule has 0 aromatic heterocycles. The summed E-state index contributed by atoms with van der Waals surface area (Å²) in [7, 11) is 0. The van der Waals surface area contributed by atoms with Crippen LogP contribution in [-0.4, -0.2) is 43.5 Å². The second-order valence-electron chi connectivity index (χ2n) is 5.90. The highest BCUT2D eigenvalue weighted by Crippen LogP contribution is 2.16. The number of carbonyl (C=O) groups excluding carboxylic acids is 1. The Balaban J connectivity index is 1.65. The molecule has 0 unspecified atom stereocenters. The van der Waals surface area contributed by atoms with E-state index in [9.17, 15) is 9.18 Å². The molecule has 0 aliphatic carbocycles. The average Bonchev–Trinajstić information content (AvgIpc) is 2.52. The number of rotatable bonds is 7. The zero-order valence-corrected chi connectivity index (χ0v) is 13.3. The van der Waals surface area contributed by atoms with Crippen molar-refractivity contribution in [3.63, 3.8) is 0 Å². The van der Waals surface area contributed by atoms with E-state index < -0.39 is 0 Å². The first-order valence-corrected chi connectivity index (χ1v) is 8.16. The maximum Gasteiger partial charge on any atom is 0.225 e. The molecule has 0 radical (unpaired) electrons. The second kappa shape index (κ2) is 8.86. The third kappa shape index (κ3) is 5.73. The van der Waals surface area contributed by atoms with Crippen LogP contribution in [-0.2, 0) is 4.79 Å². The minimum absolute atomic E-state index is 0.0552. The molecule has 22 heavy (non-hydrogen) atoms. The van der Waals surface area contributed by atoms with E-state index in [0.29, 0.717) is 12.1 Å². The number of nitrogens with zero attached hydrogens (tertiary/aromatic N) is 1. The normalized spacial score (nSPS) is 16.6. The molecule has 2 rings (SSSR count). The average molecular weight is 307 g/mol. The van der Waals surface area contributed by atoms with Crippen LogP contribution in [0.15, 0.2) is 24.3 Å². The minimum atomic E-state index is -0.333. The summed E-state index contributed by atoms with van der Waals surface area (Å²) < 4.78 is 13.1.